The van der Waals surface area contributed by atoms with Crippen molar-refractivity contribution in [1.82, 2.24) is 0 Å². The third-order valence-corrected chi connectivity index (χ3v) is 6.87. The van der Waals surface area contributed by atoms with Gasteiger partial charge in [-0.1, -0.05) is 48.5 Å². The molecule has 0 spiro atoms. The Balaban J connectivity index is 1.88. The molecule has 2 saturated carbocycles. The summed E-state index contributed by atoms with van der Waals surface area (Å²) in [5.74, 6) is 0.804. The largest absolute Gasteiger partial charge is 0.462 e. The maximum Gasteiger partial charge on any atom is 0.306 e. The minimum Gasteiger partial charge on any atom is -0.462 e. The third-order valence-electron chi connectivity index (χ3n) is 6.87. The van der Waals surface area contributed by atoms with Crippen molar-refractivity contribution in [3.05, 3.63) is 0 Å². The van der Waals surface area contributed by atoms with Crippen LogP contribution in [0.3, 0.4) is 0 Å². The predicted molar refractivity (Wildman–Crippen MR) is 92.0 cm³/mol. The van der Waals surface area contributed by atoms with Gasteiger partial charge in [-0.25, -0.2) is 0 Å². The Bertz CT molecular complexity index is 486. The summed E-state index contributed by atoms with van der Waals surface area (Å²) in [6.07, 6.45) is 4.27. The molecule has 2 bridgehead atoms. The van der Waals surface area contributed by atoms with Gasteiger partial charge < -0.3 is 4.74 Å². The Morgan fingerprint density at radius 1 is 1.17 bits per heavy atom. The zero-order valence-electron chi connectivity index (χ0n) is 16.0. The van der Waals surface area contributed by atoms with Crippen LogP contribution in [0.4, 0.5) is 0 Å². The number of carbonyl (C=O) groups excluding carboxylic acids is 2. The lowest BCUT2D eigenvalue weighted by molar-refractivity contribution is -0.158. The molecular formula is C20H34O3. The van der Waals surface area contributed by atoms with E-state index in [2.05, 4.69) is 20.8 Å². The topological polar surface area (TPSA) is 43.4 Å². The van der Waals surface area contributed by atoms with Crippen molar-refractivity contribution in [2.24, 2.45) is 28.1 Å². The fourth-order valence-corrected chi connectivity index (χ4v) is 4.49. The van der Waals surface area contributed by atoms with Crippen molar-refractivity contribution in [2.75, 3.05) is 0 Å². The second-order valence-corrected chi connectivity index (χ2v) is 9.78. The lowest BCUT2D eigenvalue weighted by atomic mass is 9.70. The van der Waals surface area contributed by atoms with Gasteiger partial charge in [-0.15, -0.1) is 0 Å². The molecule has 2 unspecified atom stereocenters. The Labute approximate surface area is 141 Å². The monoisotopic (exact) mass is 322 g/mol. The molecule has 23 heavy (non-hydrogen) atoms. The van der Waals surface area contributed by atoms with E-state index in [0.717, 1.165) is 12.8 Å². The van der Waals surface area contributed by atoms with Crippen LogP contribution >= 0.6 is 0 Å². The van der Waals surface area contributed by atoms with Crippen molar-refractivity contribution < 1.29 is 14.3 Å². The fourth-order valence-electron chi connectivity index (χ4n) is 4.49. The van der Waals surface area contributed by atoms with E-state index >= 15 is 0 Å². The van der Waals surface area contributed by atoms with Crippen molar-refractivity contribution >= 4 is 11.8 Å². The molecule has 0 radical (unpaired) electrons. The zero-order chi connectivity index (χ0) is 17.6. The van der Waals surface area contributed by atoms with E-state index in [1.165, 1.54) is 6.42 Å². The summed E-state index contributed by atoms with van der Waals surface area (Å²) < 4.78 is 5.87. The first-order valence-electron chi connectivity index (χ1n) is 9.10. The van der Waals surface area contributed by atoms with Gasteiger partial charge in [0, 0.05) is 23.7 Å². The van der Waals surface area contributed by atoms with Crippen molar-refractivity contribution in [2.45, 2.75) is 86.7 Å². The summed E-state index contributed by atoms with van der Waals surface area (Å²) in [5, 5.41) is 0. The minimum atomic E-state index is -0.333. The van der Waals surface area contributed by atoms with Crippen LogP contribution in [-0.2, 0) is 14.3 Å². The quantitative estimate of drug-likeness (QED) is 0.684. The van der Waals surface area contributed by atoms with Crippen LogP contribution in [0.5, 0.6) is 0 Å². The average Bonchev–Trinajstić information content (AvgIpc) is 2.70. The van der Waals surface area contributed by atoms with Gasteiger partial charge in [0.15, 0.2) is 0 Å². The van der Waals surface area contributed by atoms with Crippen molar-refractivity contribution in [3.8, 4) is 0 Å². The van der Waals surface area contributed by atoms with Gasteiger partial charge in [-0.3, -0.25) is 9.59 Å². The first-order chi connectivity index (χ1) is 10.4. The zero-order valence-corrected chi connectivity index (χ0v) is 16.0. The fraction of sp³-hybridized carbons (Fsp3) is 0.900. The van der Waals surface area contributed by atoms with Gasteiger partial charge >= 0.3 is 5.97 Å². The Morgan fingerprint density at radius 2 is 1.78 bits per heavy atom. The van der Waals surface area contributed by atoms with Crippen LogP contribution in [-0.4, -0.2) is 17.9 Å². The van der Waals surface area contributed by atoms with Gasteiger partial charge in [0.2, 0.25) is 0 Å². The molecule has 2 aliphatic rings. The number of ketones is 1. The molecule has 3 heteroatoms. The van der Waals surface area contributed by atoms with E-state index in [-0.39, 0.29) is 40.0 Å². The van der Waals surface area contributed by atoms with Gasteiger partial charge in [-0.2, -0.15) is 0 Å². The predicted octanol–water partition coefficient (Wildman–Crippen LogP) is 4.78. The average molecular weight is 322 g/mol. The van der Waals surface area contributed by atoms with Crippen LogP contribution < -0.4 is 0 Å². The highest BCUT2D eigenvalue weighted by atomic mass is 16.5. The molecule has 2 fully saturated rings. The Kier molecular flexibility index (Phi) is 4.74. The van der Waals surface area contributed by atoms with Gasteiger partial charge in [0.05, 0.1) is 0 Å². The van der Waals surface area contributed by atoms with Crippen LogP contribution in [0, 0.1) is 28.1 Å². The van der Waals surface area contributed by atoms with E-state index in [1.807, 2.05) is 27.7 Å². The summed E-state index contributed by atoms with van der Waals surface area (Å²) in [7, 11) is 0. The molecule has 0 amide bonds. The second kappa shape index (κ2) is 5.89. The SMILES string of the molecule is CC(CC(=O)OC1C[C@H]2CC[C@]1(C)C2(C)C)CC(=O)C(C)(C)C. The first kappa shape index (κ1) is 18.5. The minimum absolute atomic E-state index is 0.0497. The smallest absolute Gasteiger partial charge is 0.306 e. The van der Waals surface area contributed by atoms with Crippen molar-refractivity contribution in [1.29, 1.82) is 0 Å². The summed E-state index contributed by atoms with van der Waals surface area (Å²) in [6.45, 7) is 14.7. The van der Waals surface area contributed by atoms with E-state index in [4.69, 9.17) is 4.74 Å². The highest BCUT2D eigenvalue weighted by Gasteiger charge is 2.62. The molecular weight excluding hydrogens is 288 g/mol. The van der Waals surface area contributed by atoms with Gasteiger partial charge in [0.25, 0.3) is 0 Å². The van der Waals surface area contributed by atoms with Crippen molar-refractivity contribution in [3.63, 3.8) is 0 Å². The summed E-state index contributed by atoms with van der Waals surface area (Å²) in [5.41, 5.74) is 0.0316. The molecule has 0 aliphatic heterocycles. The molecule has 0 heterocycles. The molecule has 0 aromatic rings. The second-order valence-electron chi connectivity index (χ2n) is 9.78. The lowest BCUT2D eigenvalue weighted by Gasteiger charge is -2.38. The van der Waals surface area contributed by atoms with Gasteiger partial charge in [-0.05, 0) is 36.5 Å². The summed E-state index contributed by atoms with van der Waals surface area (Å²) in [4.78, 5) is 24.4. The number of hydrogen-bond acceptors (Lipinski definition) is 3. The van der Waals surface area contributed by atoms with Crippen LogP contribution in [0.25, 0.3) is 0 Å². The highest BCUT2D eigenvalue weighted by molar-refractivity contribution is 5.84. The first-order valence-corrected chi connectivity index (χ1v) is 9.10. The molecule has 3 nitrogen and oxygen atoms in total. The van der Waals surface area contributed by atoms with Crippen LogP contribution in [0.2, 0.25) is 0 Å². The third kappa shape index (κ3) is 3.34. The van der Waals surface area contributed by atoms with E-state index in [0.29, 0.717) is 18.8 Å². The number of carbonyl (C=O) groups is 2. The number of ether oxygens (including phenoxy) is 1. The van der Waals surface area contributed by atoms with Crippen LogP contribution in [0.1, 0.15) is 80.6 Å². The molecule has 0 aromatic heterocycles. The molecule has 0 saturated heterocycles. The number of esters is 1. The maximum atomic E-state index is 12.3. The Morgan fingerprint density at radius 3 is 2.22 bits per heavy atom. The molecule has 2 rings (SSSR count). The standard InChI is InChI=1S/C20H34O3/c1-13(10-15(21)18(2,3)4)11-17(22)23-16-12-14-8-9-20(16,7)19(14,5)6/h13-14,16H,8-12H2,1-7H3/t13?,14-,16?,20+/m1/s1. The normalized spacial score (nSPS) is 33.5. The number of fused-ring (bicyclic) bond motifs is 2. The lowest BCUT2D eigenvalue weighted by Crippen LogP contribution is -2.38. The highest BCUT2D eigenvalue weighted by Crippen LogP contribution is 2.66. The summed E-state index contributed by atoms with van der Waals surface area (Å²) >= 11 is 0. The van der Waals surface area contributed by atoms with E-state index in [1.54, 1.807) is 0 Å². The number of hydrogen-bond donors (Lipinski definition) is 0. The number of rotatable bonds is 5. The molecule has 0 aromatic carbocycles. The molecule has 0 N–H and O–H groups in total. The molecule has 2 aliphatic carbocycles. The van der Waals surface area contributed by atoms with E-state index < -0.39 is 0 Å². The summed E-state index contributed by atoms with van der Waals surface area (Å²) in [6, 6.07) is 0. The Hall–Kier alpha value is -0.860. The molecule has 132 valence electrons. The van der Waals surface area contributed by atoms with E-state index in [9.17, 15) is 9.59 Å². The van der Waals surface area contributed by atoms with Crippen LogP contribution in [0.15, 0.2) is 0 Å². The number of Topliss-reactive ketones (excluding diaryl/α,β-unsaturated/α-hetero) is 1. The molecule has 4 atom stereocenters. The van der Waals surface area contributed by atoms with Gasteiger partial charge in [0.1, 0.15) is 11.9 Å². The maximum absolute atomic E-state index is 12.3.